The summed E-state index contributed by atoms with van der Waals surface area (Å²) in [5, 5.41) is 11.2. The second kappa shape index (κ2) is 9.28. The SMILES string of the molecule is CNc1cc(Nc2ncc(F)c(Nc3cccc(NC(C)=O)n3)n2)ccc1OC=O. The molecule has 1 amide bonds. The van der Waals surface area contributed by atoms with Crippen molar-refractivity contribution in [2.45, 2.75) is 6.92 Å². The van der Waals surface area contributed by atoms with Gasteiger partial charge in [-0.1, -0.05) is 6.07 Å². The highest BCUT2D eigenvalue weighted by molar-refractivity contribution is 5.87. The first kappa shape index (κ1) is 20.5. The molecule has 0 saturated carbocycles. The number of hydrogen-bond acceptors (Lipinski definition) is 9. The Morgan fingerprint density at radius 3 is 2.67 bits per heavy atom. The predicted molar refractivity (Wildman–Crippen MR) is 110 cm³/mol. The molecule has 11 heteroatoms. The van der Waals surface area contributed by atoms with E-state index in [1.54, 1.807) is 43.4 Å². The highest BCUT2D eigenvalue weighted by Crippen LogP contribution is 2.29. The zero-order chi connectivity index (χ0) is 21.5. The van der Waals surface area contributed by atoms with Crippen molar-refractivity contribution >= 4 is 47.2 Å². The molecule has 0 radical (unpaired) electrons. The standard InChI is InChI=1S/C19H18FN7O3/c1-11(29)23-16-4-3-5-17(25-16)26-18-13(20)9-22-19(27-18)24-12-6-7-15(30-10-28)14(8-12)21-2/h3-10,21H,1-2H3,(H3,22,23,24,25,26,27,29). The van der Waals surface area contributed by atoms with Crippen LogP contribution < -0.4 is 26.0 Å². The van der Waals surface area contributed by atoms with Gasteiger partial charge in [0.15, 0.2) is 17.4 Å². The number of benzene rings is 1. The van der Waals surface area contributed by atoms with Crippen LogP contribution in [0.15, 0.2) is 42.6 Å². The number of amides is 1. The normalized spacial score (nSPS) is 10.1. The third-order valence-electron chi connectivity index (χ3n) is 3.72. The van der Waals surface area contributed by atoms with Crippen molar-refractivity contribution in [1.29, 1.82) is 0 Å². The monoisotopic (exact) mass is 411 g/mol. The third kappa shape index (κ3) is 5.16. The van der Waals surface area contributed by atoms with Gasteiger partial charge in [-0.2, -0.15) is 4.98 Å². The van der Waals surface area contributed by atoms with Crippen LogP contribution in [0.25, 0.3) is 0 Å². The van der Waals surface area contributed by atoms with Gasteiger partial charge in [-0.05, 0) is 30.3 Å². The number of aromatic nitrogens is 3. The van der Waals surface area contributed by atoms with Gasteiger partial charge in [0.05, 0.1) is 11.9 Å². The van der Waals surface area contributed by atoms with Crippen molar-refractivity contribution in [3.05, 3.63) is 48.4 Å². The minimum atomic E-state index is -0.682. The lowest BCUT2D eigenvalue weighted by Crippen LogP contribution is -2.09. The number of ether oxygens (including phenoxy) is 1. The fourth-order valence-corrected chi connectivity index (χ4v) is 2.48. The zero-order valence-corrected chi connectivity index (χ0v) is 16.1. The van der Waals surface area contributed by atoms with Gasteiger partial charge in [0.1, 0.15) is 11.6 Å². The quantitative estimate of drug-likeness (QED) is 0.413. The molecule has 0 aliphatic rings. The van der Waals surface area contributed by atoms with E-state index in [9.17, 15) is 14.0 Å². The van der Waals surface area contributed by atoms with E-state index in [0.717, 1.165) is 6.20 Å². The molecule has 0 saturated heterocycles. The molecule has 154 valence electrons. The Morgan fingerprint density at radius 2 is 1.93 bits per heavy atom. The van der Waals surface area contributed by atoms with E-state index in [4.69, 9.17) is 4.74 Å². The smallest absolute Gasteiger partial charge is 0.298 e. The number of anilines is 6. The second-order valence-electron chi connectivity index (χ2n) is 5.90. The topological polar surface area (TPSA) is 130 Å². The summed E-state index contributed by atoms with van der Waals surface area (Å²) < 4.78 is 19.1. The average Bonchev–Trinajstić information content (AvgIpc) is 2.71. The first-order chi connectivity index (χ1) is 14.5. The van der Waals surface area contributed by atoms with Crippen molar-refractivity contribution in [3.8, 4) is 5.75 Å². The molecular formula is C19H18FN7O3. The van der Waals surface area contributed by atoms with Crippen LogP contribution in [-0.4, -0.2) is 34.4 Å². The maximum atomic E-state index is 14.2. The maximum Gasteiger partial charge on any atom is 0.298 e. The number of carbonyl (C=O) groups excluding carboxylic acids is 2. The summed E-state index contributed by atoms with van der Waals surface area (Å²) in [4.78, 5) is 33.9. The molecule has 4 N–H and O–H groups in total. The van der Waals surface area contributed by atoms with Crippen LogP contribution in [0.3, 0.4) is 0 Å². The Morgan fingerprint density at radius 1 is 1.13 bits per heavy atom. The number of nitrogens with zero attached hydrogens (tertiary/aromatic N) is 3. The first-order valence-electron chi connectivity index (χ1n) is 8.72. The van der Waals surface area contributed by atoms with Gasteiger partial charge >= 0.3 is 0 Å². The molecule has 0 spiro atoms. The lowest BCUT2D eigenvalue weighted by Gasteiger charge is -2.12. The molecule has 2 heterocycles. The molecule has 0 atom stereocenters. The number of halogens is 1. The van der Waals surface area contributed by atoms with Crippen LogP contribution in [0.2, 0.25) is 0 Å². The molecule has 2 aromatic heterocycles. The van der Waals surface area contributed by atoms with Gasteiger partial charge in [-0.25, -0.2) is 14.4 Å². The molecular weight excluding hydrogens is 393 g/mol. The Hall–Kier alpha value is -4.28. The number of rotatable bonds is 8. The molecule has 1 aromatic carbocycles. The van der Waals surface area contributed by atoms with Crippen LogP contribution in [0.1, 0.15) is 6.92 Å². The van der Waals surface area contributed by atoms with E-state index < -0.39 is 5.82 Å². The van der Waals surface area contributed by atoms with Gasteiger partial charge < -0.3 is 26.0 Å². The number of nitrogens with one attached hydrogen (secondary N) is 4. The Kier molecular flexibility index (Phi) is 6.33. The highest BCUT2D eigenvalue weighted by atomic mass is 19.1. The highest BCUT2D eigenvalue weighted by Gasteiger charge is 2.10. The van der Waals surface area contributed by atoms with Crippen LogP contribution >= 0.6 is 0 Å². The van der Waals surface area contributed by atoms with Crippen molar-refractivity contribution < 1.29 is 18.7 Å². The summed E-state index contributed by atoms with van der Waals surface area (Å²) in [6.07, 6.45) is 1.01. The molecule has 30 heavy (non-hydrogen) atoms. The lowest BCUT2D eigenvalue weighted by molar-refractivity contribution is -0.120. The third-order valence-corrected chi connectivity index (χ3v) is 3.72. The molecule has 0 aliphatic heterocycles. The number of carbonyl (C=O) groups is 2. The largest absolute Gasteiger partial charge is 0.427 e. The van der Waals surface area contributed by atoms with Crippen molar-refractivity contribution in [3.63, 3.8) is 0 Å². The van der Waals surface area contributed by atoms with E-state index in [1.807, 2.05) is 0 Å². The van der Waals surface area contributed by atoms with E-state index in [1.165, 1.54) is 6.92 Å². The van der Waals surface area contributed by atoms with Crippen molar-refractivity contribution in [2.24, 2.45) is 0 Å². The molecule has 0 bridgehead atoms. The molecule has 0 unspecified atom stereocenters. The van der Waals surface area contributed by atoms with E-state index in [2.05, 4.69) is 36.2 Å². The van der Waals surface area contributed by atoms with Gasteiger partial charge in [0, 0.05) is 19.7 Å². The molecule has 0 fully saturated rings. The van der Waals surface area contributed by atoms with Crippen molar-refractivity contribution in [2.75, 3.05) is 28.3 Å². The van der Waals surface area contributed by atoms with Crippen LogP contribution in [0, 0.1) is 5.82 Å². The van der Waals surface area contributed by atoms with Crippen LogP contribution in [-0.2, 0) is 9.59 Å². The Labute approximate surface area is 170 Å². The summed E-state index contributed by atoms with van der Waals surface area (Å²) in [7, 11) is 1.68. The van der Waals surface area contributed by atoms with Gasteiger partial charge in [0.25, 0.3) is 6.47 Å². The molecule has 10 nitrogen and oxygen atoms in total. The van der Waals surface area contributed by atoms with Crippen LogP contribution in [0.4, 0.5) is 39.2 Å². The Balaban J connectivity index is 1.80. The number of hydrogen-bond donors (Lipinski definition) is 4. The minimum absolute atomic E-state index is 0.102. The van der Waals surface area contributed by atoms with Crippen LogP contribution in [0.5, 0.6) is 5.75 Å². The van der Waals surface area contributed by atoms with E-state index in [-0.39, 0.29) is 23.5 Å². The fraction of sp³-hybridized carbons (Fsp3) is 0.105. The molecule has 3 aromatic rings. The first-order valence-corrected chi connectivity index (χ1v) is 8.72. The van der Waals surface area contributed by atoms with Gasteiger partial charge in [0.2, 0.25) is 11.9 Å². The zero-order valence-electron chi connectivity index (χ0n) is 16.1. The number of pyridine rings is 1. The average molecular weight is 411 g/mol. The van der Waals surface area contributed by atoms with Gasteiger partial charge in [-0.3, -0.25) is 9.59 Å². The summed E-state index contributed by atoms with van der Waals surface area (Å²) in [6.45, 7) is 1.69. The summed E-state index contributed by atoms with van der Waals surface area (Å²) in [5.41, 5.74) is 1.15. The lowest BCUT2D eigenvalue weighted by atomic mass is 10.2. The fourth-order valence-electron chi connectivity index (χ4n) is 2.48. The van der Waals surface area contributed by atoms with E-state index >= 15 is 0 Å². The van der Waals surface area contributed by atoms with Gasteiger partial charge in [-0.15, -0.1) is 0 Å². The summed E-state index contributed by atoms with van der Waals surface area (Å²) in [6, 6.07) is 9.77. The summed E-state index contributed by atoms with van der Waals surface area (Å²) >= 11 is 0. The summed E-state index contributed by atoms with van der Waals surface area (Å²) in [5.74, 6) is 0.0289. The second-order valence-corrected chi connectivity index (χ2v) is 5.90. The molecule has 0 aliphatic carbocycles. The van der Waals surface area contributed by atoms with Crippen molar-refractivity contribution in [1.82, 2.24) is 15.0 Å². The van der Waals surface area contributed by atoms with E-state index in [0.29, 0.717) is 29.4 Å². The maximum absolute atomic E-state index is 14.2. The Bertz CT molecular complexity index is 1080. The predicted octanol–water partition coefficient (Wildman–Crippen LogP) is 3.03. The molecule has 3 rings (SSSR count). The minimum Gasteiger partial charge on any atom is -0.427 e.